The van der Waals surface area contributed by atoms with E-state index in [-0.39, 0.29) is 6.03 Å². The predicted octanol–water partition coefficient (Wildman–Crippen LogP) is 0.806. The van der Waals surface area contributed by atoms with Crippen LogP contribution in [0.2, 0.25) is 0 Å². The first-order valence-corrected chi connectivity index (χ1v) is 6.48. The zero-order chi connectivity index (χ0) is 12.5. The molecule has 0 bridgehead atoms. The van der Waals surface area contributed by atoms with Gasteiger partial charge >= 0.3 is 6.03 Å². The molecule has 1 aliphatic heterocycles. The van der Waals surface area contributed by atoms with Crippen LogP contribution < -0.4 is 10.6 Å². The maximum absolute atomic E-state index is 11.4. The Morgan fingerprint density at radius 1 is 1.29 bits per heavy atom. The summed E-state index contributed by atoms with van der Waals surface area (Å²) < 4.78 is 4.86. The van der Waals surface area contributed by atoms with E-state index in [4.69, 9.17) is 4.74 Å². The number of nitrogens with zero attached hydrogens (tertiary/aromatic N) is 1. The Hall–Kier alpha value is -0.810. The van der Waals surface area contributed by atoms with E-state index in [1.165, 1.54) is 19.3 Å². The summed E-state index contributed by atoms with van der Waals surface area (Å²) in [6, 6.07) is 0.314. The second-order valence-corrected chi connectivity index (χ2v) is 4.58. The molecule has 0 radical (unpaired) electrons. The Kier molecular flexibility index (Phi) is 6.96. The van der Waals surface area contributed by atoms with E-state index in [0.717, 1.165) is 13.1 Å². The van der Waals surface area contributed by atoms with Gasteiger partial charge in [-0.1, -0.05) is 6.42 Å². The second kappa shape index (κ2) is 8.31. The van der Waals surface area contributed by atoms with Crippen molar-refractivity contribution >= 4 is 6.03 Å². The highest BCUT2D eigenvalue weighted by Gasteiger charge is 2.16. The highest BCUT2D eigenvalue weighted by Crippen LogP contribution is 2.11. The molecule has 5 nitrogen and oxygen atoms in total. The van der Waals surface area contributed by atoms with Gasteiger partial charge in [-0.15, -0.1) is 0 Å². The molecule has 0 spiro atoms. The normalized spacial score (nSPS) is 18.7. The van der Waals surface area contributed by atoms with Gasteiger partial charge in [0, 0.05) is 26.2 Å². The minimum absolute atomic E-state index is 0.106. The van der Waals surface area contributed by atoms with Gasteiger partial charge in [0.25, 0.3) is 0 Å². The van der Waals surface area contributed by atoms with Crippen LogP contribution in [0, 0.1) is 0 Å². The van der Waals surface area contributed by atoms with Gasteiger partial charge in [-0.05, 0) is 32.9 Å². The molecule has 0 saturated carbocycles. The lowest BCUT2D eigenvalue weighted by Gasteiger charge is -2.32. The van der Waals surface area contributed by atoms with Crippen LogP contribution >= 0.6 is 0 Å². The SMILES string of the molecule is COCCNC(=O)NCC(C)N1CCCCC1. The summed E-state index contributed by atoms with van der Waals surface area (Å²) in [6.07, 6.45) is 3.91. The van der Waals surface area contributed by atoms with Gasteiger partial charge in [0.15, 0.2) is 0 Å². The zero-order valence-corrected chi connectivity index (χ0v) is 11.0. The van der Waals surface area contributed by atoms with E-state index in [1.54, 1.807) is 7.11 Å². The standard InChI is InChI=1S/C12H25N3O2/c1-11(15-7-4-3-5-8-15)10-14-12(16)13-6-9-17-2/h11H,3-10H2,1-2H3,(H2,13,14,16). The second-order valence-electron chi connectivity index (χ2n) is 4.58. The van der Waals surface area contributed by atoms with Crippen molar-refractivity contribution in [3.63, 3.8) is 0 Å². The third kappa shape index (κ3) is 5.89. The van der Waals surface area contributed by atoms with E-state index in [9.17, 15) is 4.79 Å². The van der Waals surface area contributed by atoms with Crippen LogP contribution in [0.25, 0.3) is 0 Å². The topological polar surface area (TPSA) is 53.6 Å². The summed E-state index contributed by atoms with van der Waals surface area (Å²) in [6.45, 7) is 6.30. The van der Waals surface area contributed by atoms with Crippen molar-refractivity contribution in [3.05, 3.63) is 0 Å². The molecule has 1 atom stereocenters. The number of ether oxygens (including phenoxy) is 1. The number of nitrogens with one attached hydrogen (secondary N) is 2. The van der Waals surface area contributed by atoms with Gasteiger partial charge in [0.1, 0.15) is 0 Å². The molecule has 1 heterocycles. The molecule has 5 heteroatoms. The Bertz CT molecular complexity index is 218. The molecule has 0 aliphatic carbocycles. The molecule has 17 heavy (non-hydrogen) atoms. The number of likely N-dealkylation sites (tertiary alicyclic amines) is 1. The summed E-state index contributed by atoms with van der Waals surface area (Å²) >= 11 is 0. The van der Waals surface area contributed by atoms with Crippen molar-refractivity contribution < 1.29 is 9.53 Å². The summed E-state index contributed by atoms with van der Waals surface area (Å²) in [5, 5.41) is 5.64. The Morgan fingerprint density at radius 3 is 2.65 bits per heavy atom. The lowest BCUT2D eigenvalue weighted by atomic mass is 10.1. The molecule has 2 N–H and O–H groups in total. The molecular weight excluding hydrogens is 218 g/mol. The molecule has 1 aliphatic rings. The molecule has 1 fully saturated rings. The fourth-order valence-corrected chi connectivity index (χ4v) is 2.06. The van der Waals surface area contributed by atoms with Crippen LogP contribution in [0.3, 0.4) is 0 Å². The monoisotopic (exact) mass is 243 g/mol. The average molecular weight is 243 g/mol. The van der Waals surface area contributed by atoms with Crippen molar-refractivity contribution in [2.75, 3.05) is 39.9 Å². The van der Waals surface area contributed by atoms with Gasteiger partial charge in [0.2, 0.25) is 0 Å². The number of carbonyl (C=O) groups excluding carboxylic acids is 1. The van der Waals surface area contributed by atoms with E-state index in [0.29, 0.717) is 25.7 Å². The van der Waals surface area contributed by atoms with Crippen molar-refractivity contribution in [1.82, 2.24) is 15.5 Å². The first-order chi connectivity index (χ1) is 8.24. The highest BCUT2D eigenvalue weighted by atomic mass is 16.5. The first-order valence-electron chi connectivity index (χ1n) is 6.48. The van der Waals surface area contributed by atoms with E-state index in [2.05, 4.69) is 22.5 Å². The van der Waals surface area contributed by atoms with Crippen LogP contribution in [-0.2, 0) is 4.74 Å². The van der Waals surface area contributed by atoms with Gasteiger partial charge in [-0.25, -0.2) is 4.79 Å². The minimum Gasteiger partial charge on any atom is -0.383 e. The maximum atomic E-state index is 11.4. The summed E-state index contributed by atoms with van der Waals surface area (Å²) in [5.41, 5.74) is 0. The van der Waals surface area contributed by atoms with Crippen LogP contribution in [0.4, 0.5) is 4.79 Å². The maximum Gasteiger partial charge on any atom is 0.314 e. The number of methoxy groups -OCH3 is 1. The first kappa shape index (κ1) is 14.3. The van der Waals surface area contributed by atoms with Crippen LogP contribution in [0.1, 0.15) is 26.2 Å². The molecule has 0 aromatic rings. The molecule has 1 saturated heterocycles. The van der Waals surface area contributed by atoms with Gasteiger partial charge in [-0.3, -0.25) is 4.90 Å². The van der Waals surface area contributed by atoms with E-state index in [1.807, 2.05) is 0 Å². The fraction of sp³-hybridized carbons (Fsp3) is 0.917. The molecule has 1 rings (SSSR count). The van der Waals surface area contributed by atoms with Crippen LogP contribution in [0.15, 0.2) is 0 Å². The average Bonchev–Trinajstić information content (AvgIpc) is 2.37. The fourth-order valence-electron chi connectivity index (χ4n) is 2.06. The van der Waals surface area contributed by atoms with Crippen molar-refractivity contribution in [2.45, 2.75) is 32.2 Å². The quantitative estimate of drug-likeness (QED) is 0.679. The summed E-state index contributed by atoms with van der Waals surface area (Å²) in [7, 11) is 1.62. The van der Waals surface area contributed by atoms with Crippen LogP contribution in [0.5, 0.6) is 0 Å². The van der Waals surface area contributed by atoms with Gasteiger partial charge in [0.05, 0.1) is 6.61 Å². The van der Waals surface area contributed by atoms with Gasteiger partial charge in [-0.2, -0.15) is 0 Å². The number of carbonyl (C=O) groups is 1. The summed E-state index contributed by atoms with van der Waals surface area (Å²) in [4.78, 5) is 13.9. The summed E-state index contributed by atoms with van der Waals surface area (Å²) in [5.74, 6) is 0. The largest absolute Gasteiger partial charge is 0.383 e. The smallest absolute Gasteiger partial charge is 0.314 e. The Morgan fingerprint density at radius 2 is 2.00 bits per heavy atom. The molecule has 2 amide bonds. The van der Waals surface area contributed by atoms with Crippen molar-refractivity contribution in [2.24, 2.45) is 0 Å². The molecule has 0 aromatic heterocycles. The minimum atomic E-state index is -0.106. The number of hydrogen-bond donors (Lipinski definition) is 2. The lowest BCUT2D eigenvalue weighted by Crippen LogP contribution is -2.47. The van der Waals surface area contributed by atoms with E-state index >= 15 is 0 Å². The predicted molar refractivity (Wildman–Crippen MR) is 68.2 cm³/mol. The number of hydrogen-bond acceptors (Lipinski definition) is 3. The van der Waals surface area contributed by atoms with E-state index < -0.39 is 0 Å². The molecular formula is C12H25N3O2. The molecule has 0 aromatic carbocycles. The molecule has 100 valence electrons. The number of urea groups is 1. The zero-order valence-electron chi connectivity index (χ0n) is 11.0. The van der Waals surface area contributed by atoms with Crippen molar-refractivity contribution in [1.29, 1.82) is 0 Å². The van der Waals surface area contributed by atoms with Crippen LogP contribution in [-0.4, -0.2) is 56.9 Å². The number of amides is 2. The Balaban J connectivity index is 2.09. The highest BCUT2D eigenvalue weighted by molar-refractivity contribution is 5.73. The third-order valence-electron chi connectivity index (χ3n) is 3.16. The lowest BCUT2D eigenvalue weighted by molar-refractivity contribution is 0.169. The Labute approximate surface area is 104 Å². The third-order valence-corrected chi connectivity index (χ3v) is 3.16. The van der Waals surface area contributed by atoms with Gasteiger partial charge < -0.3 is 15.4 Å². The number of rotatable bonds is 6. The number of piperidine rings is 1. The van der Waals surface area contributed by atoms with Crippen molar-refractivity contribution in [3.8, 4) is 0 Å². The molecule has 1 unspecified atom stereocenters.